The molecule has 5 heteroatoms. The number of rotatable bonds is 5. The lowest BCUT2D eigenvalue weighted by molar-refractivity contribution is 0.102. The minimum Gasteiger partial charge on any atom is -0.322 e. The number of carbonyl (C=O) groups excluding carboxylic acids is 1. The summed E-state index contributed by atoms with van der Waals surface area (Å²) >= 11 is 0. The van der Waals surface area contributed by atoms with Crippen LogP contribution < -0.4 is 5.32 Å². The van der Waals surface area contributed by atoms with Gasteiger partial charge in [0.1, 0.15) is 0 Å². The normalized spacial score (nSPS) is 11.0. The maximum atomic E-state index is 12.7. The van der Waals surface area contributed by atoms with Crippen LogP contribution in [0.5, 0.6) is 0 Å². The highest BCUT2D eigenvalue weighted by Crippen LogP contribution is 2.20. The zero-order chi connectivity index (χ0) is 18.0. The molecule has 0 fully saturated rings. The van der Waals surface area contributed by atoms with Crippen molar-refractivity contribution in [1.82, 2.24) is 14.8 Å². The molecule has 3 aromatic rings. The largest absolute Gasteiger partial charge is 0.322 e. The van der Waals surface area contributed by atoms with Crippen LogP contribution in [-0.2, 0) is 13.5 Å². The topological polar surface area (TPSA) is 59.8 Å². The van der Waals surface area contributed by atoms with E-state index < -0.39 is 0 Å². The Bertz CT molecular complexity index is 910. The third kappa shape index (κ3) is 3.55. The molecule has 0 radical (unpaired) electrons. The number of anilines is 1. The van der Waals surface area contributed by atoms with Crippen molar-refractivity contribution in [3.05, 3.63) is 52.8 Å². The lowest BCUT2D eigenvalue weighted by Crippen LogP contribution is -2.14. The first-order chi connectivity index (χ1) is 12.0. The van der Waals surface area contributed by atoms with Gasteiger partial charge in [-0.15, -0.1) is 0 Å². The molecule has 1 N–H and O–H groups in total. The SMILES string of the molecule is CCCCc1ccc(NC(=O)c2cc3c(C)nn(C)c3nc2C)cc1. The molecule has 0 spiro atoms. The lowest BCUT2D eigenvalue weighted by atomic mass is 10.1. The van der Waals surface area contributed by atoms with Crippen molar-refractivity contribution in [2.24, 2.45) is 7.05 Å². The molecule has 0 aliphatic heterocycles. The minimum atomic E-state index is -0.142. The number of nitrogens with zero attached hydrogens (tertiary/aromatic N) is 3. The van der Waals surface area contributed by atoms with E-state index in [0.717, 1.165) is 28.8 Å². The van der Waals surface area contributed by atoms with Gasteiger partial charge in [-0.1, -0.05) is 25.5 Å². The lowest BCUT2D eigenvalue weighted by Gasteiger charge is -2.09. The van der Waals surface area contributed by atoms with Gasteiger partial charge < -0.3 is 5.32 Å². The Kier molecular flexibility index (Phi) is 4.83. The summed E-state index contributed by atoms with van der Waals surface area (Å²) in [5, 5.41) is 8.25. The molecular formula is C20H24N4O. The molecule has 2 heterocycles. The second-order valence-electron chi connectivity index (χ2n) is 6.46. The van der Waals surface area contributed by atoms with Gasteiger partial charge in [-0.25, -0.2) is 4.98 Å². The molecular weight excluding hydrogens is 312 g/mol. The van der Waals surface area contributed by atoms with Crippen molar-refractivity contribution in [2.75, 3.05) is 5.32 Å². The van der Waals surface area contributed by atoms with Crippen molar-refractivity contribution in [1.29, 1.82) is 0 Å². The van der Waals surface area contributed by atoms with Crippen LogP contribution in [0.25, 0.3) is 11.0 Å². The van der Waals surface area contributed by atoms with Crippen LogP contribution in [0, 0.1) is 13.8 Å². The number of pyridine rings is 1. The number of fused-ring (bicyclic) bond motifs is 1. The predicted molar refractivity (Wildman–Crippen MR) is 101 cm³/mol. The molecule has 3 rings (SSSR count). The number of aryl methyl sites for hydroxylation is 4. The first-order valence-electron chi connectivity index (χ1n) is 8.71. The van der Waals surface area contributed by atoms with Crippen molar-refractivity contribution in [2.45, 2.75) is 40.0 Å². The van der Waals surface area contributed by atoms with E-state index in [-0.39, 0.29) is 5.91 Å². The number of hydrogen-bond acceptors (Lipinski definition) is 3. The van der Waals surface area contributed by atoms with E-state index >= 15 is 0 Å². The van der Waals surface area contributed by atoms with Gasteiger partial charge in [0.2, 0.25) is 0 Å². The summed E-state index contributed by atoms with van der Waals surface area (Å²) in [5.74, 6) is -0.142. The highest BCUT2D eigenvalue weighted by atomic mass is 16.1. The average molecular weight is 336 g/mol. The summed E-state index contributed by atoms with van der Waals surface area (Å²) in [6.45, 7) is 5.96. The van der Waals surface area contributed by atoms with E-state index in [1.165, 1.54) is 18.4 Å². The van der Waals surface area contributed by atoms with Gasteiger partial charge >= 0.3 is 0 Å². The van der Waals surface area contributed by atoms with Gasteiger partial charge in [0.15, 0.2) is 5.65 Å². The molecule has 0 saturated heterocycles. The molecule has 0 aliphatic carbocycles. The molecule has 0 saturated carbocycles. The molecule has 0 bridgehead atoms. The van der Waals surface area contributed by atoms with E-state index in [9.17, 15) is 4.79 Å². The minimum absolute atomic E-state index is 0.142. The molecule has 0 atom stereocenters. The number of amides is 1. The quantitative estimate of drug-likeness (QED) is 0.760. The zero-order valence-electron chi connectivity index (χ0n) is 15.3. The predicted octanol–water partition coefficient (Wildman–Crippen LogP) is 4.18. The summed E-state index contributed by atoms with van der Waals surface area (Å²) in [6, 6.07) is 9.94. The first-order valence-corrected chi connectivity index (χ1v) is 8.71. The first kappa shape index (κ1) is 17.1. The maximum Gasteiger partial charge on any atom is 0.257 e. The third-order valence-corrected chi connectivity index (χ3v) is 4.46. The van der Waals surface area contributed by atoms with Crippen LogP contribution in [0.3, 0.4) is 0 Å². The summed E-state index contributed by atoms with van der Waals surface area (Å²) in [7, 11) is 1.86. The fourth-order valence-corrected chi connectivity index (χ4v) is 3.00. The highest BCUT2D eigenvalue weighted by molar-refractivity contribution is 6.06. The number of nitrogens with one attached hydrogen (secondary N) is 1. The van der Waals surface area contributed by atoms with Crippen molar-refractivity contribution < 1.29 is 4.79 Å². The number of aromatic nitrogens is 3. The third-order valence-electron chi connectivity index (χ3n) is 4.46. The van der Waals surface area contributed by atoms with Gasteiger partial charge in [0, 0.05) is 18.1 Å². The van der Waals surface area contributed by atoms with Crippen LogP contribution in [0.2, 0.25) is 0 Å². The van der Waals surface area contributed by atoms with E-state index in [1.54, 1.807) is 4.68 Å². The standard InChI is InChI=1S/C20H24N4O/c1-5-6-7-15-8-10-16(11-9-15)22-20(25)18-12-17-14(3)23-24(4)19(17)21-13(18)2/h8-12H,5-7H2,1-4H3,(H,22,25). The summed E-state index contributed by atoms with van der Waals surface area (Å²) in [4.78, 5) is 17.2. The monoisotopic (exact) mass is 336 g/mol. The fraction of sp³-hybridized carbons (Fsp3) is 0.350. The van der Waals surface area contributed by atoms with E-state index in [2.05, 4.69) is 34.5 Å². The number of hydrogen-bond donors (Lipinski definition) is 1. The molecule has 5 nitrogen and oxygen atoms in total. The second-order valence-corrected chi connectivity index (χ2v) is 6.46. The molecule has 2 aromatic heterocycles. The Morgan fingerprint density at radius 3 is 2.56 bits per heavy atom. The maximum absolute atomic E-state index is 12.7. The average Bonchev–Trinajstić information content (AvgIpc) is 2.87. The number of benzene rings is 1. The zero-order valence-corrected chi connectivity index (χ0v) is 15.3. The van der Waals surface area contributed by atoms with Crippen LogP contribution in [0.1, 0.15) is 47.1 Å². The van der Waals surface area contributed by atoms with Crippen LogP contribution in [-0.4, -0.2) is 20.7 Å². The Morgan fingerprint density at radius 2 is 1.88 bits per heavy atom. The van der Waals surface area contributed by atoms with Gasteiger partial charge in [-0.2, -0.15) is 5.10 Å². The van der Waals surface area contributed by atoms with Crippen LogP contribution >= 0.6 is 0 Å². The van der Waals surface area contributed by atoms with Gasteiger partial charge in [0.25, 0.3) is 5.91 Å². The Hall–Kier alpha value is -2.69. The smallest absolute Gasteiger partial charge is 0.257 e. The fourth-order valence-electron chi connectivity index (χ4n) is 3.00. The van der Waals surface area contributed by atoms with E-state index in [4.69, 9.17) is 0 Å². The number of carbonyl (C=O) groups is 1. The Balaban J connectivity index is 1.82. The Labute approximate surface area is 148 Å². The summed E-state index contributed by atoms with van der Waals surface area (Å²) < 4.78 is 1.74. The van der Waals surface area contributed by atoms with Crippen LogP contribution in [0.15, 0.2) is 30.3 Å². The van der Waals surface area contributed by atoms with Gasteiger partial charge in [-0.05, 0) is 50.5 Å². The van der Waals surface area contributed by atoms with Gasteiger partial charge in [0.05, 0.1) is 17.0 Å². The van der Waals surface area contributed by atoms with Crippen molar-refractivity contribution >= 4 is 22.6 Å². The van der Waals surface area contributed by atoms with Crippen LogP contribution in [0.4, 0.5) is 5.69 Å². The van der Waals surface area contributed by atoms with Gasteiger partial charge in [-0.3, -0.25) is 9.48 Å². The summed E-state index contributed by atoms with van der Waals surface area (Å²) in [6.07, 6.45) is 3.44. The summed E-state index contributed by atoms with van der Waals surface area (Å²) in [5.41, 5.74) is 5.05. The number of unbranched alkanes of at least 4 members (excludes halogenated alkanes) is 1. The molecule has 1 amide bonds. The van der Waals surface area contributed by atoms with E-state index in [0.29, 0.717) is 11.3 Å². The Morgan fingerprint density at radius 1 is 1.16 bits per heavy atom. The molecule has 130 valence electrons. The molecule has 25 heavy (non-hydrogen) atoms. The second kappa shape index (κ2) is 7.05. The molecule has 0 unspecified atom stereocenters. The molecule has 0 aliphatic rings. The molecule has 1 aromatic carbocycles. The van der Waals surface area contributed by atoms with E-state index in [1.807, 2.05) is 39.1 Å². The van der Waals surface area contributed by atoms with Crippen molar-refractivity contribution in [3.8, 4) is 0 Å². The van der Waals surface area contributed by atoms with Crippen molar-refractivity contribution in [3.63, 3.8) is 0 Å². The highest BCUT2D eigenvalue weighted by Gasteiger charge is 2.15.